The van der Waals surface area contributed by atoms with Crippen LogP contribution in [0.4, 0.5) is 13.2 Å². The maximum atomic E-state index is 12.1. The Morgan fingerprint density at radius 2 is 1.64 bits per heavy atom. The molecule has 0 aliphatic heterocycles. The van der Waals surface area contributed by atoms with Crippen LogP contribution in [0.15, 0.2) is 0 Å². The van der Waals surface area contributed by atoms with Gasteiger partial charge in [0.2, 0.25) is 0 Å². The summed E-state index contributed by atoms with van der Waals surface area (Å²) in [4.78, 5) is 0. The molecular weight excluding hydrogens is 155 g/mol. The van der Waals surface area contributed by atoms with Crippen molar-refractivity contribution in [2.24, 2.45) is 5.92 Å². The van der Waals surface area contributed by atoms with Crippen molar-refractivity contribution in [1.82, 2.24) is 0 Å². The summed E-state index contributed by atoms with van der Waals surface area (Å²) in [7, 11) is 0. The first-order chi connectivity index (χ1) is 5.02. The molecule has 1 rings (SSSR count). The Morgan fingerprint density at radius 3 is 2.00 bits per heavy atom. The van der Waals surface area contributed by atoms with Gasteiger partial charge >= 0.3 is 6.18 Å². The summed E-state index contributed by atoms with van der Waals surface area (Å²) in [6, 6.07) is -0.913. The average molecular weight is 166 g/mol. The number of nitrogens with one attached hydrogen (secondary N) is 1. The van der Waals surface area contributed by atoms with E-state index in [9.17, 15) is 13.2 Å². The standard InChI is InChI=1S/C7H11F3N/c8-7(9,10)5-3-1-2-4-6(5)11/h5-6,11H,1-4H2/q-1/t5-,6+/m0/s1. The Hall–Kier alpha value is -0.250. The summed E-state index contributed by atoms with van der Waals surface area (Å²) in [5, 5.41) is 0. The van der Waals surface area contributed by atoms with Gasteiger partial charge in [0.25, 0.3) is 0 Å². The van der Waals surface area contributed by atoms with E-state index in [1.807, 2.05) is 0 Å². The molecule has 66 valence electrons. The lowest BCUT2D eigenvalue weighted by Crippen LogP contribution is -2.34. The summed E-state index contributed by atoms with van der Waals surface area (Å²) in [6.07, 6.45) is -2.19. The minimum atomic E-state index is -4.15. The molecule has 0 heterocycles. The molecular formula is C7H11F3N-. The maximum absolute atomic E-state index is 12.1. The summed E-state index contributed by atoms with van der Waals surface area (Å²) < 4.78 is 36.2. The van der Waals surface area contributed by atoms with Crippen LogP contribution in [-0.2, 0) is 0 Å². The molecule has 1 N–H and O–H groups in total. The fraction of sp³-hybridized carbons (Fsp3) is 1.00. The van der Waals surface area contributed by atoms with E-state index in [0.29, 0.717) is 12.8 Å². The van der Waals surface area contributed by atoms with Gasteiger partial charge in [-0.15, -0.1) is 6.04 Å². The van der Waals surface area contributed by atoms with Crippen LogP contribution in [0.1, 0.15) is 25.7 Å². The van der Waals surface area contributed by atoms with Crippen molar-refractivity contribution in [3.63, 3.8) is 0 Å². The molecule has 0 saturated heterocycles. The van der Waals surface area contributed by atoms with Crippen LogP contribution in [-0.4, -0.2) is 12.2 Å². The monoisotopic (exact) mass is 166 g/mol. The molecule has 1 aliphatic rings. The highest BCUT2D eigenvalue weighted by Crippen LogP contribution is 2.38. The van der Waals surface area contributed by atoms with E-state index >= 15 is 0 Å². The fourth-order valence-corrected chi connectivity index (χ4v) is 1.52. The lowest BCUT2D eigenvalue weighted by molar-refractivity contribution is -0.182. The van der Waals surface area contributed by atoms with Gasteiger partial charge in [-0.1, -0.05) is 19.3 Å². The van der Waals surface area contributed by atoms with Crippen molar-refractivity contribution in [2.75, 3.05) is 0 Å². The van der Waals surface area contributed by atoms with Gasteiger partial charge in [-0.3, -0.25) is 0 Å². The molecule has 1 nitrogen and oxygen atoms in total. The molecule has 11 heavy (non-hydrogen) atoms. The molecule has 1 saturated carbocycles. The van der Waals surface area contributed by atoms with E-state index in [4.69, 9.17) is 5.73 Å². The van der Waals surface area contributed by atoms with Crippen molar-refractivity contribution in [1.29, 1.82) is 0 Å². The van der Waals surface area contributed by atoms with Crippen molar-refractivity contribution in [3.05, 3.63) is 5.73 Å². The average Bonchev–Trinajstić information content (AvgIpc) is 1.86. The molecule has 0 spiro atoms. The highest BCUT2D eigenvalue weighted by molar-refractivity contribution is 4.89. The van der Waals surface area contributed by atoms with Gasteiger partial charge in [-0.05, 0) is 6.42 Å². The summed E-state index contributed by atoms with van der Waals surface area (Å²) in [5.41, 5.74) is 7.16. The normalized spacial score (nSPS) is 33.8. The molecule has 0 aromatic rings. The van der Waals surface area contributed by atoms with Gasteiger partial charge in [0.05, 0.1) is 0 Å². The molecule has 4 heteroatoms. The van der Waals surface area contributed by atoms with E-state index in [0.717, 1.165) is 6.42 Å². The van der Waals surface area contributed by atoms with Gasteiger partial charge in [0.1, 0.15) is 0 Å². The van der Waals surface area contributed by atoms with Crippen LogP contribution >= 0.6 is 0 Å². The van der Waals surface area contributed by atoms with Gasteiger partial charge < -0.3 is 5.73 Å². The van der Waals surface area contributed by atoms with E-state index in [1.165, 1.54) is 0 Å². The molecule has 1 aliphatic carbocycles. The molecule has 0 amide bonds. The van der Waals surface area contributed by atoms with Crippen molar-refractivity contribution < 1.29 is 13.2 Å². The third-order valence-corrected chi connectivity index (χ3v) is 2.19. The summed E-state index contributed by atoms with van der Waals surface area (Å²) >= 11 is 0. The van der Waals surface area contributed by atoms with Crippen LogP contribution in [0.25, 0.3) is 5.73 Å². The van der Waals surface area contributed by atoms with Crippen molar-refractivity contribution >= 4 is 0 Å². The minimum absolute atomic E-state index is 0.150. The van der Waals surface area contributed by atoms with Crippen LogP contribution in [0.2, 0.25) is 0 Å². The number of hydrogen-bond acceptors (Lipinski definition) is 0. The second kappa shape index (κ2) is 3.01. The van der Waals surface area contributed by atoms with Crippen molar-refractivity contribution in [2.45, 2.75) is 37.9 Å². The Balaban J connectivity index is 2.55. The first-order valence-corrected chi connectivity index (χ1v) is 3.79. The molecule has 0 aromatic heterocycles. The van der Waals surface area contributed by atoms with E-state index in [-0.39, 0.29) is 6.42 Å². The largest absolute Gasteiger partial charge is 0.674 e. The van der Waals surface area contributed by atoms with Crippen LogP contribution in [0, 0.1) is 5.92 Å². The predicted molar refractivity (Wildman–Crippen MR) is 36.1 cm³/mol. The lowest BCUT2D eigenvalue weighted by atomic mass is 9.85. The number of hydrogen-bond donors (Lipinski definition) is 0. The number of alkyl halides is 3. The van der Waals surface area contributed by atoms with Crippen molar-refractivity contribution in [3.8, 4) is 0 Å². The SMILES string of the molecule is [NH-][C@@H]1CCCC[C@@H]1C(F)(F)F. The summed E-state index contributed by atoms with van der Waals surface area (Å²) in [5.74, 6) is -1.36. The van der Waals surface area contributed by atoms with Gasteiger partial charge in [0.15, 0.2) is 0 Å². The fourth-order valence-electron chi connectivity index (χ4n) is 1.52. The zero-order valence-electron chi connectivity index (χ0n) is 6.12. The topological polar surface area (TPSA) is 23.8 Å². The Labute approximate surface area is 63.8 Å². The van der Waals surface area contributed by atoms with Gasteiger partial charge in [-0.25, -0.2) is 0 Å². The lowest BCUT2D eigenvalue weighted by Gasteiger charge is -2.36. The molecule has 2 atom stereocenters. The minimum Gasteiger partial charge on any atom is -0.674 e. The zero-order chi connectivity index (χ0) is 8.48. The number of rotatable bonds is 0. The zero-order valence-corrected chi connectivity index (χ0v) is 6.12. The molecule has 0 aromatic carbocycles. The highest BCUT2D eigenvalue weighted by atomic mass is 19.4. The van der Waals surface area contributed by atoms with E-state index < -0.39 is 18.1 Å². The third-order valence-electron chi connectivity index (χ3n) is 2.19. The second-order valence-electron chi connectivity index (χ2n) is 3.04. The Morgan fingerprint density at radius 1 is 1.09 bits per heavy atom. The highest BCUT2D eigenvalue weighted by Gasteiger charge is 2.40. The Kier molecular flexibility index (Phi) is 2.42. The first-order valence-electron chi connectivity index (χ1n) is 3.79. The van der Waals surface area contributed by atoms with Gasteiger partial charge in [-0.2, -0.15) is 13.2 Å². The molecule has 1 fully saturated rings. The van der Waals surface area contributed by atoms with Gasteiger partial charge in [0, 0.05) is 5.92 Å². The molecule has 0 radical (unpaired) electrons. The predicted octanol–water partition coefficient (Wildman–Crippen LogP) is 3.16. The van der Waals surface area contributed by atoms with E-state index in [1.54, 1.807) is 0 Å². The maximum Gasteiger partial charge on any atom is 0.390 e. The van der Waals surface area contributed by atoms with Crippen LogP contribution in [0.5, 0.6) is 0 Å². The van der Waals surface area contributed by atoms with Crippen LogP contribution < -0.4 is 0 Å². The second-order valence-corrected chi connectivity index (χ2v) is 3.04. The first kappa shape index (κ1) is 8.84. The molecule has 0 unspecified atom stereocenters. The van der Waals surface area contributed by atoms with Crippen LogP contribution in [0.3, 0.4) is 0 Å². The van der Waals surface area contributed by atoms with E-state index in [2.05, 4.69) is 0 Å². The third kappa shape index (κ3) is 2.09. The Bertz CT molecular complexity index is 132. The number of halogens is 3. The summed E-state index contributed by atoms with van der Waals surface area (Å²) in [6.45, 7) is 0. The molecule has 0 bridgehead atoms. The smallest absolute Gasteiger partial charge is 0.390 e. The quantitative estimate of drug-likeness (QED) is 0.527.